The molecule has 3 aromatic heterocycles. The van der Waals surface area contributed by atoms with Crippen LogP contribution in [0.1, 0.15) is 12.3 Å². The Morgan fingerprint density at radius 2 is 1.84 bits per heavy atom. The molecular weight excluding hydrogens is 474 g/mol. The number of carbonyl (C=O) groups is 1. The number of halogens is 1. The van der Waals surface area contributed by atoms with Crippen LogP contribution in [0.5, 0.6) is 0 Å². The van der Waals surface area contributed by atoms with Gasteiger partial charge in [-0.25, -0.2) is 9.67 Å². The lowest BCUT2D eigenvalue weighted by Crippen LogP contribution is -2.12. The van der Waals surface area contributed by atoms with Gasteiger partial charge in [0.15, 0.2) is 5.82 Å². The fourth-order valence-corrected chi connectivity index (χ4v) is 3.35. The summed E-state index contributed by atoms with van der Waals surface area (Å²) in [5, 5.41) is 11.1. The number of nitrogens with one attached hydrogen (secondary N) is 1. The number of para-hydroxylation sites is 2. The van der Waals surface area contributed by atoms with Gasteiger partial charge in [0.1, 0.15) is 0 Å². The Kier molecular flexibility index (Phi) is 5.42. The van der Waals surface area contributed by atoms with E-state index in [-0.39, 0.29) is 12.3 Å². The molecule has 0 atom stereocenters. The van der Waals surface area contributed by atoms with Crippen LogP contribution in [0.25, 0.3) is 28.2 Å². The maximum atomic E-state index is 12.3. The number of hydrogen-bond acceptors (Lipinski definition) is 7. The molecule has 9 nitrogen and oxygen atoms in total. The van der Waals surface area contributed by atoms with Crippen molar-refractivity contribution in [3.63, 3.8) is 0 Å². The van der Waals surface area contributed by atoms with E-state index in [0.717, 1.165) is 21.1 Å². The van der Waals surface area contributed by atoms with Gasteiger partial charge < -0.3 is 9.84 Å². The average Bonchev–Trinajstić information content (AvgIpc) is 3.48. The second kappa shape index (κ2) is 8.67. The Bertz CT molecular complexity index is 1390. The van der Waals surface area contributed by atoms with Gasteiger partial charge in [0.25, 0.3) is 0 Å². The fourth-order valence-electron chi connectivity index (χ4n) is 3.09. The zero-order valence-electron chi connectivity index (χ0n) is 16.6. The summed E-state index contributed by atoms with van der Waals surface area (Å²) in [4.78, 5) is 25.6. The average molecular weight is 490 g/mol. The number of fused-ring (bicyclic) bond motifs is 1. The fraction of sp³-hybridized carbons (Fsp3) is 0.0909. The molecule has 0 unspecified atom stereocenters. The minimum atomic E-state index is -0.183. The molecule has 1 N–H and O–H groups in total. The topological polar surface area (TPSA) is 112 Å². The molecule has 0 aliphatic carbocycles. The van der Waals surface area contributed by atoms with Crippen LogP contribution < -0.4 is 5.32 Å². The second-order valence-electron chi connectivity index (χ2n) is 6.96. The smallest absolute Gasteiger partial charge is 0.227 e. The second-order valence-corrected chi connectivity index (χ2v) is 7.87. The monoisotopic (exact) mass is 489 g/mol. The Hall–Kier alpha value is -3.92. The lowest BCUT2D eigenvalue weighted by molar-refractivity contribution is -0.116. The molecule has 32 heavy (non-hydrogen) atoms. The minimum Gasteiger partial charge on any atom is -0.339 e. The highest BCUT2D eigenvalue weighted by molar-refractivity contribution is 9.10. The highest BCUT2D eigenvalue weighted by atomic mass is 79.9. The summed E-state index contributed by atoms with van der Waals surface area (Å²) >= 11 is 3.39. The van der Waals surface area contributed by atoms with E-state index in [9.17, 15) is 4.79 Å². The van der Waals surface area contributed by atoms with Crippen molar-refractivity contribution in [2.45, 2.75) is 12.8 Å². The van der Waals surface area contributed by atoms with Gasteiger partial charge in [0.2, 0.25) is 17.6 Å². The van der Waals surface area contributed by atoms with Crippen molar-refractivity contribution < 1.29 is 9.32 Å². The van der Waals surface area contributed by atoms with Crippen LogP contribution in [0.3, 0.4) is 0 Å². The van der Waals surface area contributed by atoms with E-state index in [0.29, 0.717) is 29.6 Å². The number of aryl methyl sites for hydroxylation is 1. The van der Waals surface area contributed by atoms with Crippen LogP contribution in [0, 0.1) is 0 Å². The highest BCUT2D eigenvalue weighted by Gasteiger charge is 2.12. The van der Waals surface area contributed by atoms with Gasteiger partial charge in [0.05, 0.1) is 35.3 Å². The van der Waals surface area contributed by atoms with Crippen LogP contribution >= 0.6 is 15.9 Å². The zero-order chi connectivity index (χ0) is 21.9. The molecule has 158 valence electrons. The van der Waals surface area contributed by atoms with Gasteiger partial charge in [-0.3, -0.25) is 9.78 Å². The number of hydrogen-bond donors (Lipinski definition) is 1. The van der Waals surface area contributed by atoms with Gasteiger partial charge in [-0.1, -0.05) is 33.2 Å². The largest absolute Gasteiger partial charge is 0.339 e. The van der Waals surface area contributed by atoms with Crippen molar-refractivity contribution in [3.8, 4) is 17.2 Å². The number of aromatic nitrogens is 6. The van der Waals surface area contributed by atoms with Crippen molar-refractivity contribution in [2.75, 3.05) is 5.32 Å². The van der Waals surface area contributed by atoms with Crippen LogP contribution in [0.4, 0.5) is 5.69 Å². The molecule has 0 fully saturated rings. The van der Waals surface area contributed by atoms with Gasteiger partial charge >= 0.3 is 0 Å². The predicted molar refractivity (Wildman–Crippen MR) is 121 cm³/mol. The quantitative estimate of drug-likeness (QED) is 0.380. The zero-order valence-corrected chi connectivity index (χ0v) is 18.2. The van der Waals surface area contributed by atoms with E-state index in [4.69, 9.17) is 4.52 Å². The molecule has 10 heteroatoms. The summed E-state index contributed by atoms with van der Waals surface area (Å²) in [6.45, 7) is 0. The number of rotatable bonds is 6. The first-order valence-electron chi connectivity index (χ1n) is 9.79. The van der Waals surface area contributed by atoms with Crippen molar-refractivity contribution in [1.82, 2.24) is 29.9 Å². The summed E-state index contributed by atoms with van der Waals surface area (Å²) in [6, 6.07) is 15.2. The molecule has 0 bridgehead atoms. The first-order valence-corrected chi connectivity index (χ1v) is 10.6. The number of benzene rings is 2. The molecule has 0 aliphatic rings. The van der Waals surface area contributed by atoms with Crippen LogP contribution in [0.15, 0.2) is 76.1 Å². The molecule has 5 aromatic rings. The van der Waals surface area contributed by atoms with Gasteiger partial charge in [-0.2, -0.15) is 10.1 Å². The van der Waals surface area contributed by atoms with Gasteiger partial charge in [-0.05, 0) is 36.4 Å². The maximum Gasteiger partial charge on any atom is 0.227 e. The summed E-state index contributed by atoms with van der Waals surface area (Å²) in [6.07, 6.45) is 5.42. The van der Waals surface area contributed by atoms with Crippen molar-refractivity contribution in [1.29, 1.82) is 0 Å². The maximum absolute atomic E-state index is 12.3. The minimum absolute atomic E-state index is 0.183. The van der Waals surface area contributed by atoms with Gasteiger partial charge in [-0.15, -0.1) is 0 Å². The molecule has 1 amide bonds. The normalized spacial score (nSPS) is 11.0. The number of nitrogens with zero attached hydrogens (tertiary/aromatic N) is 6. The Morgan fingerprint density at radius 3 is 2.69 bits per heavy atom. The Morgan fingerprint density at radius 1 is 1.03 bits per heavy atom. The molecule has 5 rings (SSSR count). The van der Waals surface area contributed by atoms with Crippen molar-refractivity contribution in [3.05, 3.63) is 77.5 Å². The third-order valence-electron chi connectivity index (χ3n) is 4.67. The highest BCUT2D eigenvalue weighted by Crippen LogP contribution is 2.19. The Balaban J connectivity index is 1.20. The molecule has 0 aliphatic heterocycles. The first kappa shape index (κ1) is 20.0. The summed E-state index contributed by atoms with van der Waals surface area (Å²) in [7, 11) is 0. The molecule has 3 heterocycles. The number of carbonyl (C=O) groups excluding carboxylic acids is 1. The van der Waals surface area contributed by atoms with Crippen LogP contribution in [0.2, 0.25) is 0 Å². The van der Waals surface area contributed by atoms with Crippen LogP contribution in [-0.4, -0.2) is 35.8 Å². The molecular formula is C22H16BrN7O2. The third-order valence-corrected chi connectivity index (χ3v) is 5.20. The summed E-state index contributed by atoms with van der Waals surface area (Å²) < 4.78 is 7.80. The molecule has 0 saturated carbocycles. The van der Waals surface area contributed by atoms with E-state index in [1.807, 2.05) is 48.5 Å². The molecule has 0 radical (unpaired) electrons. The Labute approximate surface area is 190 Å². The molecule has 0 saturated heterocycles. The predicted octanol–water partition coefficient (Wildman–Crippen LogP) is 4.20. The van der Waals surface area contributed by atoms with E-state index in [1.165, 1.54) is 0 Å². The van der Waals surface area contributed by atoms with Gasteiger partial charge in [0, 0.05) is 22.9 Å². The van der Waals surface area contributed by atoms with Crippen LogP contribution in [-0.2, 0) is 11.2 Å². The number of anilines is 1. The summed E-state index contributed by atoms with van der Waals surface area (Å²) in [5.74, 6) is 1.28. The SMILES string of the molecule is O=C(CCc1nc(-c2ccc(Br)cc2)no1)Nc1cnn(-c2cnc3ccccc3n2)c1. The van der Waals surface area contributed by atoms with Crippen molar-refractivity contribution in [2.24, 2.45) is 0 Å². The number of amides is 1. The molecule has 0 spiro atoms. The van der Waals surface area contributed by atoms with E-state index >= 15 is 0 Å². The van der Waals surface area contributed by atoms with E-state index in [2.05, 4.69) is 46.5 Å². The standard InChI is InChI=1S/C22H16BrN7O2/c23-15-7-5-14(6-8-15)22-28-21(32-29-22)10-9-20(31)26-16-11-25-30(13-16)19-12-24-17-3-1-2-4-18(17)27-19/h1-8,11-13H,9-10H2,(H,26,31). The lowest BCUT2D eigenvalue weighted by Gasteiger charge is -2.02. The molecule has 2 aromatic carbocycles. The van der Waals surface area contributed by atoms with E-state index in [1.54, 1.807) is 23.3 Å². The van der Waals surface area contributed by atoms with E-state index < -0.39 is 0 Å². The third kappa shape index (κ3) is 4.40. The lowest BCUT2D eigenvalue weighted by atomic mass is 10.2. The van der Waals surface area contributed by atoms with Crippen molar-refractivity contribution >= 4 is 38.6 Å². The summed E-state index contributed by atoms with van der Waals surface area (Å²) in [5.41, 5.74) is 2.98. The first-order chi connectivity index (χ1) is 15.6.